The first kappa shape index (κ1) is 26.2. The molecule has 0 saturated heterocycles. The summed E-state index contributed by atoms with van der Waals surface area (Å²) in [6.45, 7) is 17.1. The van der Waals surface area contributed by atoms with Gasteiger partial charge in [0.05, 0.1) is 35.1 Å². The molecule has 200 valence electrons. The smallest absolute Gasteiger partial charge is 0.258 e. The second-order valence-electron chi connectivity index (χ2n) is 10.9. The molecule has 0 fully saturated rings. The molecule has 2 aliphatic rings. The third-order valence-corrected chi connectivity index (χ3v) is 7.91. The molecule has 2 aliphatic heterocycles. The number of carbonyl (C=O) groups is 1. The molecule has 7 nitrogen and oxygen atoms in total. The molecular formula is C31H37N3O4. The van der Waals surface area contributed by atoms with Gasteiger partial charge in [-0.3, -0.25) is 9.59 Å². The Labute approximate surface area is 224 Å². The third-order valence-electron chi connectivity index (χ3n) is 7.91. The summed E-state index contributed by atoms with van der Waals surface area (Å²) in [6.07, 6.45) is 1.20. The summed E-state index contributed by atoms with van der Waals surface area (Å²) in [5, 5.41) is 1.06. The predicted octanol–water partition coefficient (Wildman–Crippen LogP) is 5.30. The van der Waals surface area contributed by atoms with Crippen LogP contribution in [0.4, 0.5) is 0 Å². The minimum absolute atomic E-state index is 0.0588. The van der Waals surface area contributed by atoms with Crippen LogP contribution in [0.25, 0.3) is 22.3 Å². The van der Waals surface area contributed by atoms with Crippen molar-refractivity contribution in [1.82, 2.24) is 14.5 Å². The van der Waals surface area contributed by atoms with E-state index in [4.69, 9.17) is 14.5 Å². The quantitative estimate of drug-likeness (QED) is 0.334. The van der Waals surface area contributed by atoms with Crippen LogP contribution in [-0.2, 0) is 39.4 Å². The third kappa shape index (κ3) is 4.04. The van der Waals surface area contributed by atoms with Crippen LogP contribution in [0.1, 0.15) is 70.2 Å². The van der Waals surface area contributed by atoms with Crippen LogP contribution in [0.5, 0.6) is 0 Å². The number of pyridine rings is 2. The molecule has 3 aromatic rings. The highest BCUT2D eigenvalue weighted by molar-refractivity contribution is 5.88. The van der Waals surface area contributed by atoms with Gasteiger partial charge in [-0.05, 0) is 58.2 Å². The molecule has 1 aromatic carbocycles. The van der Waals surface area contributed by atoms with Gasteiger partial charge in [0.2, 0.25) is 5.91 Å². The maximum Gasteiger partial charge on any atom is 0.258 e. The van der Waals surface area contributed by atoms with Gasteiger partial charge in [0, 0.05) is 36.0 Å². The molecule has 0 radical (unpaired) electrons. The Hall–Kier alpha value is -3.45. The molecule has 0 aliphatic carbocycles. The van der Waals surface area contributed by atoms with Crippen molar-refractivity contribution in [3.8, 4) is 11.4 Å². The van der Waals surface area contributed by atoms with Crippen molar-refractivity contribution in [3.63, 3.8) is 0 Å². The summed E-state index contributed by atoms with van der Waals surface area (Å²) in [5.41, 5.74) is 5.16. The number of carbonyl (C=O) groups excluding carboxylic acids is 1. The standard InChI is InChI=1S/C31H37N3O4/c1-8-31(38-19(4)5)20(6)37-17-25-26(31)15-28-29-24(16-34(28)30(25)36)22(13-14-33(18(2)3)21(7)35)23-11-9-10-12-27(23)32-29/h9-12,15,18-19H,6,8,13-14,16-17H2,1-5,7H3/t31-/m1/s1. The van der Waals surface area contributed by atoms with Crippen molar-refractivity contribution in [3.05, 3.63) is 75.3 Å². The minimum atomic E-state index is -0.891. The van der Waals surface area contributed by atoms with Crippen LogP contribution < -0.4 is 5.56 Å². The number of aromatic nitrogens is 2. The molecule has 0 spiro atoms. The highest BCUT2D eigenvalue weighted by atomic mass is 16.6. The predicted molar refractivity (Wildman–Crippen MR) is 149 cm³/mol. The van der Waals surface area contributed by atoms with Gasteiger partial charge < -0.3 is 18.9 Å². The van der Waals surface area contributed by atoms with E-state index in [9.17, 15) is 9.59 Å². The molecule has 5 rings (SSSR count). The molecule has 1 amide bonds. The number of nitrogens with zero attached hydrogens (tertiary/aromatic N) is 3. The Morgan fingerprint density at radius 1 is 1.24 bits per heavy atom. The summed E-state index contributed by atoms with van der Waals surface area (Å²) in [5.74, 6) is 0.595. The second kappa shape index (κ2) is 9.70. The van der Waals surface area contributed by atoms with E-state index in [-0.39, 0.29) is 30.2 Å². The number of rotatable bonds is 7. The first-order valence-electron chi connectivity index (χ1n) is 13.5. The molecule has 0 N–H and O–H groups in total. The van der Waals surface area contributed by atoms with E-state index < -0.39 is 5.60 Å². The van der Waals surface area contributed by atoms with Crippen LogP contribution >= 0.6 is 0 Å². The van der Waals surface area contributed by atoms with Crippen LogP contribution in [0.2, 0.25) is 0 Å². The number of benzene rings is 1. The van der Waals surface area contributed by atoms with Crippen molar-refractivity contribution >= 4 is 16.8 Å². The highest BCUT2D eigenvalue weighted by Gasteiger charge is 2.44. The SMILES string of the molecule is C=C1OCc2c(cc3n(c2=O)Cc2c-3nc3ccccc3c2CCN(C(C)=O)C(C)C)[C@]1(CC)OC(C)C. The van der Waals surface area contributed by atoms with E-state index in [2.05, 4.69) is 18.7 Å². The van der Waals surface area contributed by atoms with E-state index in [1.54, 1.807) is 6.92 Å². The fourth-order valence-electron chi connectivity index (χ4n) is 6.13. The summed E-state index contributed by atoms with van der Waals surface area (Å²) in [6, 6.07) is 10.3. The van der Waals surface area contributed by atoms with Gasteiger partial charge in [-0.1, -0.05) is 31.7 Å². The van der Waals surface area contributed by atoms with Crippen molar-refractivity contribution in [2.24, 2.45) is 0 Å². The number of para-hydroxylation sites is 1. The van der Waals surface area contributed by atoms with Gasteiger partial charge in [0.1, 0.15) is 18.0 Å². The van der Waals surface area contributed by atoms with Gasteiger partial charge in [-0.15, -0.1) is 0 Å². The van der Waals surface area contributed by atoms with E-state index >= 15 is 0 Å². The Kier molecular flexibility index (Phi) is 6.68. The lowest BCUT2D eigenvalue weighted by Crippen LogP contribution is -2.42. The van der Waals surface area contributed by atoms with Crippen LogP contribution in [-0.4, -0.2) is 39.0 Å². The van der Waals surface area contributed by atoms with Gasteiger partial charge in [-0.2, -0.15) is 0 Å². The number of hydrogen-bond donors (Lipinski definition) is 0. The first-order chi connectivity index (χ1) is 18.1. The lowest BCUT2D eigenvalue weighted by Gasteiger charge is -2.41. The Balaban J connectivity index is 1.71. The van der Waals surface area contributed by atoms with Gasteiger partial charge >= 0.3 is 0 Å². The van der Waals surface area contributed by atoms with Crippen molar-refractivity contribution < 1.29 is 14.3 Å². The van der Waals surface area contributed by atoms with E-state index in [1.165, 1.54) is 0 Å². The van der Waals surface area contributed by atoms with Gasteiger partial charge in [0.25, 0.3) is 5.56 Å². The average molecular weight is 516 g/mol. The fourth-order valence-corrected chi connectivity index (χ4v) is 6.13. The minimum Gasteiger partial charge on any atom is -0.490 e. The molecule has 1 atom stereocenters. The molecule has 38 heavy (non-hydrogen) atoms. The molecule has 7 heteroatoms. The highest BCUT2D eigenvalue weighted by Crippen LogP contribution is 2.45. The summed E-state index contributed by atoms with van der Waals surface area (Å²) >= 11 is 0. The Bertz CT molecular complexity index is 1500. The topological polar surface area (TPSA) is 73.7 Å². The Morgan fingerprint density at radius 3 is 2.63 bits per heavy atom. The number of hydrogen-bond acceptors (Lipinski definition) is 5. The lowest BCUT2D eigenvalue weighted by molar-refractivity contribution is -0.130. The molecular weight excluding hydrogens is 478 g/mol. The monoisotopic (exact) mass is 515 g/mol. The van der Waals surface area contributed by atoms with Gasteiger partial charge in [0.15, 0.2) is 0 Å². The van der Waals surface area contributed by atoms with Crippen LogP contribution in [0, 0.1) is 0 Å². The summed E-state index contributed by atoms with van der Waals surface area (Å²) in [7, 11) is 0. The molecule has 0 bridgehead atoms. The fraction of sp³-hybridized carbons (Fsp3) is 0.452. The number of fused-ring (bicyclic) bond motifs is 5. The lowest BCUT2D eigenvalue weighted by atomic mass is 9.84. The normalized spacial score (nSPS) is 17.9. The van der Waals surface area contributed by atoms with E-state index in [0.717, 1.165) is 39.0 Å². The maximum absolute atomic E-state index is 13.9. The second-order valence-corrected chi connectivity index (χ2v) is 10.9. The Morgan fingerprint density at radius 2 is 1.97 bits per heavy atom. The van der Waals surface area contributed by atoms with Crippen molar-refractivity contribution in [2.45, 2.75) is 85.3 Å². The van der Waals surface area contributed by atoms with Crippen LogP contribution in [0.3, 0.4) is 0 Å². The van der Waals surface area contributed by atoms with Crippen molar-refractivity contribution in [1.29, 1.82) is 0 Å². The number of amides is 1. The molecule has 0 saturated carbocycles. The molecule has 0 unspecified atom stereocenters. The molecule has 4 heterocycles. The maximum atomic E-state index is 13.9. The zero-order valence-electron chi connectivity index (χ0n) is 23.3. The van der Waals surface area contributed by atoms with Crippen molar-refractivity contribution in [2.75, 3.05) is 6.54 Å². The van der Waals surface area contributed by atoms with Crippen LogP contribution in [0.15, 0.2) is 47.5 Å². The summed E-state index contributed by atoms with van der Waals surface area (Å²) in [4.78, 5) is 33.2. The zero-order valence-corrected chi connectivity index (χ0v) is 23.3. The largest absolute Gasteiger partial charge is 0.490 e. The van der Waals surface area contributed by atoms with Gasteiger partial charge in [-0.25, -0.2) is 4.98 Å². The molecule has 2 aromatic heterocycles. The summed E-state index contributed by atoms with van der Waals surface area (Å²) < 4.78 is 14.2. The first-order valence-corrected chi connectivity index (χ1v) is 13.5. The number of ether oxygens (including phenoxy) is 2. The van der Waals surface area contributed by atoms with E-state index in [0.29, 0.717) is 37.3 Å². The zero-order chi connectivity index (χ0) is 27.4. The average Bonchev–Trinajstić information content (AvgIpc) is 3.23. The van der Waals surface area contributed by atoms with E-state index in [1.807, 2.05) is 62.3 Å².